The van der Waals surface area contributed by atoms with Crippen LogP contribution in [0.2, 0.25) is 0 Å². The molecular weight excluding hydrogens is 297 g/mol. The molecular formula is C13H13F3N6. The second-order valence-electron chi connectivity index (χ2n) is 4.76. The van der Waals surface area contributed by atoms with Crippen LogP contribution < -0.4 is 9.80 Å². The van der Waals surface area contributed by atoms with Gasteiger partial charge in [-0.15, -0.1) is 0 Å². The Bertz CT molecular complexity index is 625. The number of rotatable bonds is 2. The molecule has 0 bridgehead atoms. The van der Waals surface area contributed by atoms with Gasteiger partial charge in [0.1, 0.15) is 5.69 Å². The van der Waals surface area contributed by atoms with Gasteiger partial charge in [-0.1, -0.05) is 0 Å². The molecule has 3 rings (SSSR count). The molecule has 6 nitrogen and oxygen atoms in total. The molecule has 22 heavy (non-hydrogen) atoms. The number of halogens is 3. The number of nitrogens with zero attached hydrogens (tertiary/aromatic N) is 6. The fourth-order valence-corrected chi connectivity index (χ4v) is 2.22. The highest BCUT2D eigenvalue weighted by Crippen LogP contribution is 2.28. The molecule has 0 radical (unpaired) electrons. The zero-order chi connectivity index (χ0) is 15.6. The van der Waals surface area contributed by atoms with Crippen LogP contribution in [-0.4, -0.2) is 46.1 Å². The van der Waals surface area contributed by atoms with Gasteiger partial charge in [-0.3, -0.25) is 0 Å². The maximum Gasteiger partial charge on any atom is 0.433 e. The molecule has 0 atom stereocenters. The summed E-state index contributed by atoms with van der Waals surface area (Å²) >= 11 is 0. The summed E-state index contributed by atoms with van der Waals surface area (Å²) < 4.78 is 38.1. The van der Waals surface area contributed by atoms with E-state index in [1.54, 1.807) is 23.4 Å². The third-order valence-electron chi connectivity index (χ3n) is 3.33. The number of anilines is 2. The topological polar surface area (TPSA) is 58.0 Å². The van der Waals surface area contributed by atoms with E-state index in [0.717, 1.165) is 12.3 Å². The molecule has 0 aliphatic carbocycles. The first-order valence-electron chi connectivity index (χ1n) is 6.71. The second-order valence-corrected chi connectivity index (χ2v) is 4.76. The van der Waals surface area contributed by atoms with E-state index in [1.165, 1.54) is 0 Å². The van der Waals surface area contributed by atoms with E-state index < -0.39 is 11.9 Å². The first-order valence-corrected chi connectivity index (χ1v) is 6.71. The van der Waals surface area contributed by atoms with Crippen molar-refractivity contribution in [3.63, 3.8) is 0 Å². The van der Waals surface area contributed by atoms with Crippen LogP contribution in [0.1, 0.15) is 5.69 Å². The predicted molar refractivity (Wildman–Crippen MR) is 73.5 cm³/mol. The highest BCUT2D eigenvalue weighted by Gasteiger charge is 2.33. The lowest BCUT2D eigenvalue weighted by atomic mass is 10.3. The first kappa shape index (κ1) is 14.5. The van der Waals surface area contributed by atoms with Gasteiger partial charge in [0, 0.05) is 44.8 Å². The van der Waals surface area contributed by atoms with Gasteiger partial charge in [0.2, 0.25) is 11.9 Å². The van der Waals surface area contributed by atoms with Gasteiger partial charge in [-0.05, 0) is 12.1 Å². The molecule has 1 aliphatic heterocycles. The van der Waals surface area contributed by atoms with E-state index >= 15 is 0 Å². The fraction of sp³-hybridized carbons (Fsp3) is 0.385. The maximum absolute atomic E-state index is 12.7. The molecule has 9 heteroatoms. The van der Waals surface area contributed by atoms with Gasteiger partial charge >= 0.3 is 6.18 Å². The van der Waals surface area contributed by atoms with Gasteiger partial charge in [-0.2, -0.15) is 13.2 Å². The summed E-state index contributed by atoms with van der Waals surface area (Å²) in [6.45, 7) is 2.23. The first-order chi connectivity index (χ1) is 10.5. The number of hydrogen-bond acceptors (Lipinski definition) is 6. The molecule has 1 aliphatic rings. The van der Waals surface area contributed by atoms with Crippen LogP contribution in [0.15, 0.2) is 30.7 Å². The van der Waals surface area contributed by atoms with Crippen molar-refractivity contribution in [2.45, 2.75) is 6.18 Å². The van der Waals surface area contributed by atoms with Gasteiger partial charge < -0.3 is 9.80 Å². The van der Waals surface area contributed by atoms with Crippen LogP contribution in [0.4, 0.5) is 25.1 Å². The highest BCUT2D eigenvalue weighted by atomic mass is 19.4. The van der Waals surface area contributed by atoms with Crippen molar-refractivity contribution in [1.29, 1.82) is 0 Å². The minimum Gasteiger partial charge on any atom is -0.337 e. The molecule has 0 aromatic carbocycles. The maximum atomic E-state index is 12.7. The van der Waals surface area contributed by atoms with Crippen LogP contribution in [0.5, 0.6) is 0 Å². The van der Waals surface area contributed by atoms with Crippen LogP contribution >= 0.6 is 0 Å². The molecule has 0 saturated carbocycles. The average molecular weight is 310 g/mol. The molecule has 0 unspecified atom stereocenters. The van der Waals surface area contributed by atoms with Gasteiger partial charge in [0.05, 0.1) is 0 Å². The Morgan fingerprint density at radius 2 is 1.36 bits per heavy atom. The molecule has 1 saturated heterocycles. The van der Waals surface area contributed by atoms with E-state index in [-0.39, 0.29) is 5.95 Å². The summed E-state index contributed by atoms with van der Waals surface area (Å²) in [5.74, 6) is 0.718. The highest BCUT2D eigenvalue weighted by molar-refractivity contribution is 5.37. The summed E-state index contributed by atoms with van der Waals surface area (Å²) in [5, 5.41) is 0. The van der Waals surface area contributed by atoms with E-state index in [9.17, 15) is 13.2 Å². The molecule has 0 N–H and O–H groups in total. The Labute approximate surface area is 124 Å². The van der Waals surface area contributed by atoms with Crippen molar-refractivity contribution < 1.29 is 13.2 Å². The SMILES string of the molecule is FC(F)(F)c1ccnc(N2CCN(c3ncccn3)CC2)n1. The molecule has 0 spiro atoms. The lowest BCUT2D eigenvalue weighted by molar-refractivity contribution is -0.141. The third-order valence-corrected chi connectivity index (χ3v) is 3.33. The average Bonchev–Trinajstić information content (AvgIpc) is 2.55. The molecule has 2 aromatic rings. The van der Waals surface area contributed by atoms with Crippen molar-refractivity contribution in [1.82, 2.24) is 19.9 Å². The zero-order valence-electron chi connectivity index (χ0n) is 11.5. The Hall–Kier alpha value is -2.45. The Morgan fingerprint density at radius 1 is 0.818 bits per heavy atom. The van der Waals surface area contributed by atoms with Crippen molar-refractivity contribution >= 4 is 11.9 Å². The summed E-state index contributed by atoms with van der Waals surface area (Å²) in [6.07, 6.45) is -0.00945. The lowest BCUT2D eigenvalue weighted by Crippen LogP contribution is -2.47. The van der Waals surface area contributed by atoms with Crippen LogP contribution in [0.3, 0.4) is 0 Å². The third kappa shape index (κ3) is 3.07. The molecule has 1 fully saturated rings. The zero-order valence-corrected chi connectivity index (χ0v) is 11.5. The molecule has 3 heterocycles. The Kier molecular flexibility index (Phi) is 3.78. The minimum atomic E-state index is -4.46. The quantitative estimate of drug-likeness (QED) is 0.840. The van der Waals surface area contributed by atoms with Crippen LogP contribution in [0, 0.1) is 0 Å². The molecule has 116 valence electrons. The second kappa shape index (κ2) is 5.74. The van der Waals surface area contributed by atoms with Crippen molar-refractivity contribution in [2.75, 3.05) is 36.0 Å². The van der Waals surface area contributed by atoms with E-state index in [4.69, 9.17) is 0 Å². The summed E-state index contributed by atoms with van der Waals surface area (Å²) in [5.41, 5.74) is -0.925. The van der Waals surface area contributed by atoms with E-state index in [0.29, 0.717) is 32.1 Å². The summed E-state index contributed by atoms with van der Waals surface area (Å²) in [4.78, 5) is 19.6. The smallest absolute Gasteiger partial charge is 0.337 e. The summed E-state index contributed by atoms with van der Waals surface area (Å²) in [7, 11) is 0. The van der Waals surface area contributed by atoms with Crippen molar-refractivity contribution in [2.24, 2.45) is 0 Å². The number of alkyl halides is 3. The van der Waals surface area contributed by atoms with E-state index in [2.05, 4.69) is 19.9 Å². The molecule has 0 amide bonds. The number of aromatic nitrogens is 4. The van der Waals surface area contributed by atoms with E-state index in [1.807, 2.05) is 4.90 Å². The number of hydrogen-bond donors (Lipinski definition) is 0. The standard InChI is InChI=1S/C13H13F3N6/c14-13(15,16)10-2-5-19-12(20-10)22-8-6-21(7-9-22)11-17-3-1-4-18-11/h1-5H,6-9H2. The van der Waals surface area contributed by atoms with Crippen LogP contribution in [-0.2, 0) is 6.18 Å². The van der Waals surface area contributed by atoms with Crippen LogP contribution in [0.25, 0.3) is 0 Å². The van der Waals surface area contributed by atoms with Gasteiger partial charge in [-0.25, -0.2) is 19.9 Å². The fourth-order valence-electron chi connectivity index (χ4n) is 2.22. The lowest BCUT2D eigenvalue weighted by Gasteiger charge is -2.34. The van der Waals surface area contributed by atoms with Gasteiger partial charge in [0.15, 0.2) is 0 Å². The number of piperazine rings is 1. The Balaban J connectivity index is 1.69. The van der Waals surface area contributed by atoms with Crippen molar-refractivity contribution in [3.8, 4) is 0 Å². The normalized spacial score (nSPS) is 16.0. The monoisotopic (exact) mass is 310 g/mol. The summed E-state index contributed by atoms with van der Waals surface area (Å²) in [6, 6.07) is 2.60. The minimum absolute atomic E-state index is 0.100. The van der Waals surface area contributed by atoms with Crippen molar-refractivity contribution in [3.05, 3.63) is 36.4 Å². The Morgan fingerprint density at radius 3 is 1.95 bits per heavy atom. The molecule has 2 aromatic heterocycles. The predicted octanol–water partition coefficient (Wildman–Crippen LogP) is 1.61. The van der Waals surface area contributed by atoms with Gasteiger partial charge in [0.25, 0.3) is 0 Å². The largest absolute Gasteiger partial charge is 0.433 e.